The summed E-state index contributed by atoms with van der Waals surface area (Å²) in [5.41, 5.74) is 1.21. The van der Waals surface area contributed by atoms with Crippen LogP contribution in [0.15, 0.2) is 36.4 Å². The van der Waals surface area contributed by atoms with E-state index in [2.05, 4.69) is 13.8 Å². The molecular formula is C21H25NO4. The monoisotopic (exact) mass is 355 g/mol. The molecule has 0 radical (unpaired) electrons. The molecule has 0 saturated carbocycles. The van der Waals surface area contributed by atoms with Crippen molar-refractivity contribution in [1.29, 1.82) is 0 Å². The van der Waals surface area contributed by atoms with Crippen molar-refractivity contribution in [3.63, 3.8) is 0 Å². The predicted molar refractivity (Wildman–Crippen MR) is 97.5 cm³/mol. The van der Waals surface area contributed by atoms with Crippen molar-refractivity contribution in [2.24, 2.45) is 11.8 Å². The molecule has 1 saturated heterocycles. The van der Waals surface area contributed by atoms with Gasteiger partial charge in [0.2, 0.25) is 11.8 Å². The summed E-state index contributed by atoms with van der Waals surface area (Å²) in [6.45, 7) is 4.37. The average Bonchev–Trinajstić information content (AvgIpc) is 2.91. The average molecular weight is 355 g/mol. The number of amides is 2. The third-order valence-electron chi connectivity index (χ3n) is 5.43. The van der Waals surface area contributed by atoms with Gasteiger partial charge in [-0.3, -0.25) is 19.3 Å². The van der Waals surface area contributed by atoms with E-state index >= 15 is 0 Å². The zero-order chi connectivity index (χ0) is 18.7. The molecule has 2 amide bonds. The normalized spacial score (nSPS) is 23.1. The highest BCUT2D eigenvalue weighted by molar-refractivity contribution is 6.05. The van der Waals surface area contributed by atoms with Crippen molar-refractivity contribution in [2.45, 2.75) is 45.4 Å². The van der Waals surface area contributed by atoms with Crippen LogP contribution in [0.5, 0.6) is 5.75 Å². The van der Waals surface area contributed by atoms with Crippen LogP contribution >= 0.6 is 0 Å². The summed E-state index contributed by atoms with van der Waals surface area (Å²) >= 11 is 0. The molecule has 138 valence electrons. The summed E-state index contributed by atoms with van der Waals surface area (Å²) in [7, 11) is 0. The van der Waals surface area contributed by atoms with E-state index in [0.717, 1.165) is 6.42 Å². The van der Waals surface area contributed by atoms with Gasteiger partial charge in [-0.05, 0) is 42.9 Å². The predicted octanol–water partition coefficient (Wildman–Crippen LogP) is 3.45. The second-order valence-electron chi connectivity index (χ2n) is 7.09. The van der Waals surface area contributed by atoms with E-state index in [1.54, 1.807) is 12.1 Å². The Hall–Kier alpha value is -2.43. The van der Waals surface area contributed by atoms with Crippen LogP contribution in [0.4, 0.5) is 0 Å². The Kier molecular flexibility index (Phi) is 5.55. The molecule has 1 aliphatic heterocycles. The molecule has 1 aliphatic carbocycles. The van der Waals surface area contributed by atoms with Crippen molar-refractivity contribution >= 4 is 17.8 Å². The number of carbonyl (C=O) groups excluding carboxylic acids is 3. The second-order valence-corrected chi connectivity index (χ2v) is 7.09. The van der Waals surface area contributed by atoms with Gasteiger partial charge in [0.1, 0.15) is 5.75 Å². The number of imide groups is 1. The van der Waals surface area contributed by atoms with E-state index in [4.69, 9.17) is 4.74 Å². The number of hydrogen-bond donors (Lipinski definition) is 0. The van der Waals surface area contributed by atoms with Gasteiger partial charge in [0.05, 0.1) is 18.3 Å². The van der Waals surface area contributed by atoms with E-state index in [1.807, 2.05) is 24.3 Å². The summed E-state index contributed by atoms with van der Waals surface area (Å²) < 4.78 is 5.33. The van der Waals surface area contributed by atoms with Crippen LogP contribution in [0.25, 0.3) is 0 Å². The Morgan fingerprint density at radius 2 is 1.69 bits per heavy atom. The van der Waals surface area contributed by atoms with Gasteiger partial charge in [0.15, 0.2) is 0 Å². The van der Waals surface area contributed by atoms with Gasteiger partial charge in [-0.25, -0.2) is 0 Å². The number of ether oxygens (including phenoxy) is 1. The summed E-state index contributed by atoms with van der Waals surface area (Å²) in [5, 5.41) is 0. The standard InChI is InChI=1S/C21H25NO4/c1-3-14(2)15-8-10-16(11-9-15)26-19(23)12-13-22-20(24)17-6-4-5-7-18(17)21(22)25/h4-5,8-11,14,17-18H,3,6-7,12-13H2,1-2H3/t14-,17-,18+/m0/s1. The summed E-state index contributed by atoms with van der Waals surface area (Å²) in [5.74, 6) is -0.308. The highest BCUT2D eigenvalue weighted by Gasteiger charge is 2.46. The molecule has 0 N–H and O–H groups in total. The fourth-order valence-electron chi connectivity index (χ4n) is 3.58. The first-order valence-corrected chi connectivity index (χ1v) is 9.32. The number of esters is 1. The molecule has 0 bridgehead atoms. The highest BCUT2D eigenvalue weighted by Crippen LogP contribution is 2.35. The van der Waals surface area contributed by atoms with Crippen LogP contribution in [0.1, 0.15) is 51.0 Å². The summed E-state index contributed by atoms with van der Waals surface area (Å²) in [4.78, 5) is 38.1. The van der Waals surface area contributed by atoms with Gasteiger partial charge in [-0.2, -0.15) is 0 Å². The summed E-state index contributed by atoms with van der Waals surface area (Å²) in [6, 6.07) is 7.49. The smallest absolute Gasteiger partial charge is 0.312 e. The first-order chi connectivity index (χ1) is 12.5. The lowest BCUT2D eigenvalue weighted by atomic mass is 9.85. The fourth-order valence-corrected chi connectivity index (χ4v) is 3.58. The van der Waals surface area contributed by atoms with E-state index < -0.39 is 5.97 Å². The van der Waals surface area contributed by atoms with Gasteiger partial charge in [-0.15, -0.1) is 0 Å². The minimum absolute atomic E-state index is 0.0114. The molecule has 3 rings (SSSR count). The van der Waals surface area contributed by atoms with E-state index in [1.165, 1.54) is 10.5 Å². The van der Waals surface area contributed by atoms with Gasteiger partial charge < -0.3 is 4.74 Å². The van der Waals surface area contributed by atoms with Crippen molar-refractivity contribution < 1.29 is 19.1 Å². The number of allylic oxidation sites excluding steroid dienone is 2. The number of likely N-dealkylation sites (tertiary alicyclic amines) is 1. The van der Waals surface area contributed by atoms with Crippen LogP contribution in [-0.2, 0) is 14.4 Å². The maximum absolute atomic E-state index is 12.4. The molecule has 0 spiro atoms. The van der Waals surface area contributed by atoms with Crippen LogP contribution in [0.2, 0.25) is 0 Å². The largest absolute Gasteiger partial charge is 0.426 e. The maximum atomic E-state index is 12.4. The molecule has 2 aliphatic rings. The lowest BCUT2D eigenvalue weighted by molar-refractivity contribution is -0.141. The highest BCUT2D eigenvalue weighted by atomic mass is 16.5. The van der Waals surface area contributed by atoms with Gasteiger partial charge in [0.25, 0.3) is 0 Å². The quantitative estimate of drug-likeness (QED) is 0.339. The molecule has 5 heteroatoms. The van der Waals surface area contributed by atoms with E-state index in [9.17, 15) is 14.4 Å². The number of hydrogen-bond acceptors (Lipinski definition) is 4. The van der Waals surface area contributed by atoms with Crippen molar-refractivity contribution in [3.8, 4) is 5.75 Å². The molecule has 26 heavy (non-hydrogen) atoms. The van der Waals surface area contributed by atoms with Crippen LogP contribution in [-0.4, -0.2) is 29.2 Å². The van der Waals surface area contributed by atoms with Crippen molar-refractivity contribution in [2.75, 3.05) is 6.54 Å². The summed E-state index contributed by atoms with van der Waals surface area (Å²) in [6.07, 6.45) is 6.18. The number of nitrogens with zero attached hydrogens (tertiary/aromatic N) is 1. The molecular weight excluding hydrogens is 330 g/mol. The number of rotatable bonds is 6. The Bertz CT molecular complexity index is 696. The molecule has 1 aromatic rings. The molecule has 0 unspecified atom stereocenters. The topological polar surface area (TPSA) is 63.7 Å². The first kappa shape index (κ1) is 18.4. The zero-order valence-electron chi connectivity index (χ0n) is 15.3. The number of carbonyl (C=O) groups is 3. The van der Waals surface area contributed by atoms with Crippen molar-refractivity contribution in [3.05, 3.63) is 42.0 Å². The third kappa shape index (κ3) is 3.71. The van der Waals surface area contributed by atoms with Gasteiger partial charge in [0, 0.05) is 6.54 Å². The Morgan fingerprint density at radius 1 is 1.12 bits per heavy atom. The molecule has 1 heterocycles. The van der Waals surface area contributed by atoms with Gasteiger partial charge >= 0.3 is 5.97 Å². The van der Waals surface area contributed by atoms with Gasteiger partial charge in [-0.1, -0.05) is 38.1 Å². The zero-order valence-corrected chi connectivity index (χ0v) is 15.3. The Morgan fingerprint density at radius 3 is 2.23 bits per heavy atom. The molecule has 5 nitrogen and oxygen atoms in total. The number of benzene rings is 1. The maximum Gasteiger partial charge on any atom is 0.312 e. The Labute approximate surface area is 154 Å². The lowest BCUT2D eigenvalue weighted by Gasteiger charge is -2.14. The molecule has 3 atom stereocenters. The van der Waals surface area contributed by atoms with Crippen LogP contribution in [0, 0.1) is 11.8 Å². The van der Waals surface area contributed by atoms with E-state index in [0.29, 0.717) is 24.5 Å². The molecule has 0 aromatic heterocycles. The third-order valence-corrected chi connectivity index (χ3v) is 5.43. The molecule has 1 aromatic carbocycles. The number of fused-ring (bicyclic) bond motifs is 1. The SMILES string of the molecule is CC[C@H](C)c1ccc(OC(=O)CCN2C(=O)[C@H]3CC=CC[C@H]3C2=O)cc1. The van der Waals surface area contributed by atoms with Crippen LogP contribution < -0.4 is 4.74 Å². The van der Waals surface area contributed by atoms with Crippen LogP contribution in [0.3, 0.4) is 0 Å². The first-order valence-electron chi connectivity index (χ1n) is 9.32. The Balaban J connectivity index is 1.53. The second kappa shape index (κ2) is 7.85. The van der Waals surface area contributed by atoms with E-state index in [-0.39, 0.29) is 36.6 Å². The minimum atomic E-state index is -0.435. The molecule has 1 fully saturated rings. The fraction of sp³-hybridized carbons (Fsp3) is 0.476. The minimum Gasteiger partial charge on any atom is -0.426 e. The van der Waals surface area contributed by atoms with Crippen molar-refractivity contribution in [1.82, 2.24) is 4.90 Å². The lowest BCUT2D eigenvalue weighted by Crippen LogP contribution is -2.33.